The van der Waals surface area contributed by atoms with E-state index >= 15 is 0 Å². The number of nitrogens with zero attached hydrogens (tertiary/aromatic N) is 3. The lowest BCUT2D eigenvalue weighted by Crippen LogP contribution is -2.27. The topological polar surface area (TPSA) is 48.6 Å². The zero-order chi connectivity index (χ0) is 25.2. The molecule has 188 valence electrons. The van der Waals surface area contributed by atoms with Gasteiger partial charge in [0.2, 0.25) is 5.88 Å². The molecule has 7 heteroatoms. The molecule has 0 atom stereocenters. The first-order valence-electron chi connectivity index (χ1n) is 12.4. The fraction of sp³-hybridized carbons (Fsp3) is 0.276. The maximum absolute atomic E-state index is 12.9. The number of aromatic nitrogens is 2. The van der Waals surface area contributed by atoms with E-state index in [0.29, 0.717) is 19.1 Å². The Labute approximate surface area is 217 Å². The molecule has 0 bridgehead atoms. The summed E-state index contributed by atoms with van der Waals surface area (Å²) in [5.74, 6) is 2.16. The predicted octanol–water partition coefficient (Wildman–Crippen LogP) is 5.52. The summed E-state index contributed by atoms with van der Waals surface area (Å²) in [6, 6.07) is 29.1. The van der Waals surface area contributed by atoms with E-state index in [9.17, 15) is 4.79 Å². The predicted molar refractivity (Wildman–Crippen MR) is 147 cm³/mol. The molecule has 1 heterocycles. The van der Waals surface area contributed by atoms with E-state index in [4.69, 9.17) is 9.47 Å². The van der Waals surface area contributed by atoms with Crippen molar-refractivity contribution in [2.75, 3.05) is 38.6 Å². The van der Waals surface area contributed by atoms with Crippen LogP contribution in [0.25, 0.3) is 11.4 Å². The Hall–Kier alpha value is -3.42. The van der Waals surface area contributed by atoms with E-state index in [1.165, 1.54) is 0 Å². The summed E-state index contributed by atoms with van der Waals surface area (Å²) in [5, 5.41) is 0. The van der Waals surface area contributed by atoms with Crippen LogP contribution < -0.4 is 15.0 Å². The van der Waals surface area contributed by atoms with Gasteiger partial charge < -0.3 is 14.4 Å². The smallest absolute Gasteiger partial charge is 0.275 e. The average molecular weight is 504 g/mol. The van der Waals surface area contributed by atoms with Crippen molar-refractivity contribution in [2.45, 2.75) is 18.7 Å². The highest BCUT2D eigenvalue weighted by Crippen LogP contribution is 2.23. The Morgan fingerprint density at radius 3 is 1.97 bits per heavy atom. The normalized spacial score (nSPS) is 11.1. The summed E-state index contributed by atoms with van der Waals surface area (Å²) in [7, 11) is 0. The van der Waals surface area contributed by atoms with Crippen LogP contribution in [0.5, 0.6) is 11.6 Å². The molecule has 0 spiro atoms. The number of hydrogen-bond donors (Lipinski definition) is 0. The Balaban J connectivity index is 1.36. The van der Waals surface area contributed by atoms with Crippen molar-refractivity contribution < 1.29 is 9.47 Å². The zero-order valence-corrected chi connectivity index (χ0v) is 21.7. The quantitative estimate of drug-likeness (QED) is 0.178. The standard InChI is InChI=1S/C29H33N3O3S/c1-3-30(4-2)19-20-34-26-15-17-27(18-16-26)36-22-21-35-29-23-28(33)31(24-11-7-5-8-12-24)32(29)25-13-9-6-10-14-25/h5-18,23H,3-4,19-22H2,1-2H3. The number of thioether (sulfide) groups is 1. The molecule has 0 saturated heterocycles. The monoisotopic (exact) mass is 503 g/mol. The van der Waals surface area contributed by atoms with Crippen molar-refractivity contribution in [1.29, 1.82) is 0 Å². The van der Waals surface area contributed by atoms with Gasteiger partial charge in [-0.2, -0.15) is 0 Å². The number of para-hydroxylation sites is 2. The minimum absolute atomic E-state index is 0.135. The first-order chi connectivity index (χ1) is 17.7. The maximum atomic E-state index is 12.9. The fourth-order valence-electron chi connectivity index (χ4n) is 3.92. The summed E-state index contributed by atoms with van der Waals surface area (Å²) < 4.78 is 15.4. The summed E-state index contributed by atoms with van der Waals surface area (Å²) in [6.07, 6.45) is 0. The minimum Gasteiger partial charge on any atom is -0.492 e. The molecule has 0 aliphatic rings. The van der Waals surface area contributed by atoms with Crippen LogP contribution in [0.15, 0.2) is 101 Å². The second-order valence-electron chi connectivity index (χ2n) is 8.16. The van der Waals surface area contributed by atoms with Crippen LogP contribution in [0.3, 0.4) is 0 Å². The van der Waals surface area contributed by atoms with Crippen molar-refractivity contribution in [3.05, 3.63) is 101 Å². The highest BCUT2D eigenvalue weighted by molar-refractivity contribution is 7.99. The van der Waals surface area contributed by atoms with Gasteiger partial charge in [-0.25, -0.2) is 9.36 Å². The third kappa shape index (κ3) is 6.62. The molecule has 0 aliphatic heterocycles. The van der Waals surface area contributed by atoms with Crippen LogP contribution in [-0.2, 0) is 0 Å². The van der Waals surface area contributed by atoms with Gasteiger partial charge in [-0.15, -0.1) is 11.8 Å². The lowest BCUT2D eigenvalue weighted by molar-refractivity contribution is 0.223. The molecule has 0 saturated carbocycles. The molecule has 6 nitrogen and oxygen atoms in total. The number of hydrogen-bond acceptors (Lipinski definition) is 5. The lowest BCUT2D eigenvalue weighted by Gasteiger charge is -2.18. The van der Waals surface area contributed by atoms with Gasteiger partial charge in [0.05, 0.1) is 24.0 Å². The number of ether oxygens (including phenoxy) is 2. The Kier molecular flexibility index (Phi) is 9.30. The van der Waals surface area contributed by atoms with E-state index < -0.39 is 0 Å². The van der Waals surface area contributed by atoms with Crippen LogP contribution >= 0.6 is 11.8 Å². The lowest BCUT2D eigenvalue weighted by atomic mass is 10.3. The fourth-order valence-corrected chi connectivity index (χ4v) is 4.65. The molecule has 4 aromatic rings. The van der Waals surface area contributed by atoms with Gasteiger partial charge in [-0.05, 0) is 61.6 Å². The summed E-state index contributed by atoms with van der Waals surface area (Å²) in [5.41, 5.74) is 1.52. The second-order valence-corrected chi connectivity index (χ2v) is 9.33. The largest absolute Gasteiger partial charge is 0.492 e. The third-order valence-corrected chi connectivity index (χ3v) is 6.84. The van der Waals surface area contributed by atoms with E-state index in [-0.39, 0.29) is 5.56 Å². The van der Waals surface area contributed by atoms with E-state index in [1.807, 2.05) is 77.5 Å². The van der Waals surface area contributed by atoms with E-state index in [1.54, 1.807) is 22.5 Å². The van der Waals surface area contributed by atoms with Gasteiger partial charge in [-0.1, -0.05) is 50.2 Å². The van der Waals surface area contributed by atoms with Crippen molar-refractivity contribution in [1.82, 2.24) is 14.3 Å². The highest BCUT2D eigenvalue weighted by Gasteiger charge is 2.15. The summed E-state index contributed by atoms with van der Waals surface area (Å²) >= 11 is 1.71. The average Bonchev–Trinajstić information content (AvgIpc) is 3.26. The molecule has 0 amide bonds. The van der Waals surface area contributed by atoms with E-state index in [0.717, 1.165) is 47.4 Å². The van der Waals surface area contributed by atoms with Crippen LogP contribution in [0.4, 0.5) is 0 Å². The van der Waals surface area contributed by atoms with Gasteiger partial charge in [-0.3, -0.25) is 4.79 Å². The summed E-state index contributed by atoms with van der Waals surface area (Å²) in [6.45, 7) is 8.50. The van der Waals surface area contributed by atoms with Crippen molar-refractivity contribution >= 4 is 11.8 Å². The second kappa shape index (κ2) is 13.0. The maximum Gasteiger partial charge on any atom is 0.275 e. The SMILES string of the molecule is CCN(CC)CCOc1ccc(SCCOc2cc(=O)n(-c3ccccc3)n2-c2ccccc2)cc1. The third-order valence-electron chi connectivity index (χ3n) is 5.86. The number of rotatable bonds is 13. The molecule has 0 fully saturated rings. The molecule has 36 heavy (non-hydrogen) atoms. The number of likely N-dealkylation sites (N-methyl/N-ethyl adjacent to an activating group) is 1. The van der Waals surface area contributed by atoms with E-state index in [2.05, 4.69) is 30.9 Å². The first kappa shape index (κ1) is 25.7. The zero-order valence-electron chi connectivity index (χ0n) is 20.9. The molecular weight excluding hydrogens is 470 g/mol. The number of benzene rings is 3. The van der Waals surface area contributed by atoms with Crippen LogP contribution in [-0.4, -0.2) is 52.9 Å². The van der Waals surface area contributed by atoms with Gasteiger partial charge in [0, 0.05) is 17.2 Å². The molecule has 0 N–H and O–H groups in total. The summed E-state index contributed by atoms with van der Waals surface area (Å²) in [4.78, 5) is 16.4. The first-order valence-corrected chi connectivity index (χ1v) is 13.3. The molecule has 0 unspecified atom stereocenters. The Bertz CT molecular complexity index is 1250. The molecule has 0 radical (unpaired) electrons. The van der Waals surface area contributed by atoms with Gasteiger partial charge in [0.25, 0.3) is 5.56 Å². The van der Waals surface area contributed by atoms with Crippen molar-refractivity contribution in [2.24, 2.45) is 0 Å². The van der Waals surface area contributed by atoms with Crippen LogP contribution in [0, 0.1) is 0 Å². The molecule has 0 aliphatic carbocycles. The highest BCUT2D eigenvalue weighted by atomic mass is 32.2. The van der Waals surface area contributed by atoms with Crippen LogP contribution in [0.2, 0.25) is 0 Å². The molecular formula is C29H33N3O3S. The molecule has 3 aromatic carbocycles. The molecule has 1 aromatic heterocycles. The van der Waals surface area contributed by atoms with Crippen molar-refractivity contribution in [3.8, 4) is 23.0 Å². The van der Waals surface area contributed by atoms with Crippen LogP contribution in [0.1, 0.15) is 13.8 Å². The van der Waals surface area contributed by atoms with Crippen molar-refractivity contribution in [3.63, 3.8) is 0 Å². The minimum atomic E-state index is -0.135. The Morgan fingerprint density at radius 2 is 1.36 bits per heavy atom. The Morgan fingerprint density at radius 1 is 0.750 bits per heavy atom. The molecule has 4 rings (SSSR count). The van der Waals surface area contributed by atoms with Gasteiger partial charge in [0.15, 0.2) is 0 Å². The van der Waals surface area contributed by atoms with Gasteiger partial charge in [0.1, 0.15) is 12.4 Å². The van der Waals surface area contributed by atoms with Gasteiger partial charge >= 0.3 is 0 Å².